The van der Waals surface area contributed by atoms with Gasteiger partial charge in [-0.1, -0.05) is 0 Å². The lowest BCUT2D eigenvalue weighted by molar-refractivity contribution is -0.106. The van der Waals surface area contributed by atoms with Crippen LogP contribution < -0.4 is 0 Å². The number of nitrogens with zero attached hydrogens (tertiary/aromatic N) is 1. The van der Waals surface area contributed by atoms with Crippen molar-refractivity contribution >= 4 is 6.29 Å². The summed E-state index contributed by atoms with van der Waals surface area (Å²) in [4.78, 5) is 11.8. The zero-order valence-corrected chi connectivity index (χ0v) is 5.92. The van der Waals surface area contributed by atoms with E-state index in [9.17, 15) is 4.79 Å². The number of carbonyl (C=O) groups excluding carboxylic acids is 1. The summed E-state index contributed by atoms with van der Waals surface area (Å²) in [7, 11) is 5.06. The van der Waals surface area contributed by atoms with Crippen LogP contribution in [0.5, 0.6) is 0 Å². The zero-order valence-electron chi connectivity index (χ0n) is 5.92. The SMILES string of the molecule is CO/C=C(/C=O)N(C)C. The van der Waals surface area contributed by atoms with Crippen LogP contribution in [-0.2, 0) is 9.53 Å². The first-order chi connectivity index (χ1) is 4.22. The van der Waals surface area contributed by atoms with Gasteiger partial charge in [-0.25, -0.2) is 0 Å². The summed E-state index contributed by atoms with van der Waals surface area (Å²) in [5.41, 5.74) is 0.525. The number of allylic oxidation sites excluding steroid dienone is 1. The third kappa shape index (κ3) is 2.74. The smallest absolute Gasteiger partial charge is 0.169 e. The van der Waals surface area contributed by atoms with Crippen LogP contribution in [0.15, 0.2) is 12.0 Å². The predicted molar refractivity (Wildman–Crippen MR) is 34.8 cm³/mol. The van der Waals surface area contributed by atoms with Crippen molar-refractivity contribution in [2.45, 2.75) is 0 Å². The van der Waals surface area contributed by atoms with Crippen molar-refractivity contribution in [1.82, 2.24) is 4.90 Å². The fourth-order valence-corrected chi connectivity index (χ4v) is 0.359. The molecular formula is C6H11NO2. The highest BCUT2D eigenvalue weighted by molar-refractivity contribution is 5.71. The standard InChI is InChI=1S/C6H11NO2/c1-7(2)6(4-8)5-9-3/h4-5H,1-3H3/b6-5-. The van der Waals surface area contributed by atoms with E-state index in [0.29, 0.717) is 5.70 Å². The predicted octanol–water partition coefficient (Wildman–Crippen LogP) is 0.235. The molecule has 0 N–H and O–H groups in total. The topological polar surface area (TPSA) is 29.5 Å². The van der Waals surface area contributed by atoms with E-state index in [1.54, 1.807) is 19.0 Å². The Kier molecular flexibility index (Phi) is 3.51. The molecule has 0 spiro atoms. The number of aldehydes is 1. The van der Waals surface area contributed by atoms with Crippen LogP contribution in [0.2, 0.25) is 0 Å². The maximum Gasteiger partial charge on any atom is 0.169 e. The van der Waals surface area contributed by atoms with Crippen LogP contribution in [0.1, 0.15) is 0 Å². The first-order valence-electron chi connectivity index (χ1n) is 2.58. The van der Waals surface area contributed by atoms with Crippen LogP contribution in [-0.4, -0.2) is 32.4 Å². The molecular weight excluding hydrogens is 118 g/mol. The lowest BCUT2D eigenvalue weighted by Crippen LogP contribution is -2.12. The van der Waals surface area contributed by atoms with Gasteiger partial charge < -0.3 is 9.64 Å². The van der Waals surface area contributed by atoms with Gasteiger partial charge in [0, 0.05) is 14.1 Å². The maximum atomic E-state index is 10.1. The molecule has 0 rings (SSSR count). The second-order valence-electron chi connectivity index (χ2n) is 1.79. The minimum atomic E-state index is 0.525. The van der Waals surface area contributed by atoms with Gasteiger partial charge in [0.15, 0.2) is 6.29 Å². The molecule has 0 amide bonds. The third-order valence-electron chi connectivity index (χ3n) is 0.876. The van der Waals surface area contributed by atoms with Gasteiger partial charge in [-0.2, -0.15) is 0 Å². The average molecular weight is 129 g/mol. The Morgan fingerprint density at radius 3 is 2.22 bits per heavy atom. The molecule has 3 nitrogen and oxygen atoms in total. The lowest BCUT2D eigenvalue weighted by atomic mass is 10.5. The minimum absolute atomic E-state index is 0.525. The van der Waals surface area contributed by atoms with Gasteiger partial charge in [-0.05, 0) is 0 Å². The van der Waals surface area contributed by atoms with Gasteiger partial charge in [-0.15, -0.1) is 0 Å². The molecule has 0 saturated heterocycles. The highest BCUT2D eigenvalue weighted by atomic mass is 16.5. The van der Waals surface area contributed by atoms with Gasteiger partial charge in [0.2, 0.25) is 0 Å². The zero-order chi connectivity index (χ0) is 7.28. The molecule has 0 bridgehead atoms. The fraction of sp³-hybridized carbons (Fsp3) is 0.500. The highest BCUT2D eigenvalue weighted by Gasteiger charge is 1.94. The lowest BCUT2D eigenvalue weighted by Gasteiger charge is -2.09. The van der Waals surface area contributed by atoms with Gasteiger partial charge in [-0.3, -0.25) is 4.79 Å². The van der Waals surface area contributed by atoms with E-state index in [-0.39, 0.29) is 0 Å². The van der Waals surface area contributed by atoms with Gasteiger partial charge >= 0.3 is 0 Å². The molecule has 9 heavy (non-hydrogen) atoms. The molecule has 0 aromatic rings. The molecule has 0 aromatic heterocycles. The van der Waals surface area contributed by atoms with Crippen molar-refractivity contribution in [1.29, 1.82) is 0 Å². The fourth-order valence-electron chi connectivity index (χ4n) is 0.359. The Bertz CT molecular complexity index is 118. The van der Waals surface area contributed by atoms with Gasteiger partial charge in [0.05, 0.1) is 7.11 Å². The molecule has 0 saturated carbocycles. The van der Waals surface area contributed by atoms with Crippen molar-refractivity contribution in [2.75, 3.05) is 21.2 Å². The second-order valence-corrected chi connectivity index (χ2v) is 1.79. The van der Waals surface area contributed by atoms with E-state index < -0.39 is 0 Å². The third-order valence-corrected chi connectivity index (χ3v) is 0.876. The highest BCUT2D eigenvalue weighted by Crippen LogP contribution is 1.91. The van der Waals surface area contributed by atoms with E-state index in [2.05, 4.69) is 4.74 Å². The Balaban J connectivity index is 3.97. The molecule has 52 valence electrons. The molecule has 0 unspecified atom stereocenters. The maximum absolute atomic E-state index is 10.1. The number of methoxy groups -OCH3 is 1. The molecule has 0 aliphatic carbocycles. The van der Waals surface area contributed by atoms with E-state index >= 15 is 0 Å². The first kappa shape index (κ1) is 8.01. The number of likely N-dealkylation sites (N-methyl/N-ethyl adjacent to an activating group) is 1. The summed E-state index contributed by atoms with van der Waals surface area (Å²) < 4.78 is 4.62. The number of hydrogen-bond acceptors (Lipinski definition) is 3. The van der Waals surface area contributed by atoms with Crippen LogP contribution in [0.3, 0.4) is 0 Å². The average Bonchev–Trinajstić information content (AvgIpc) is 1.82. The minimum Gasteiger partial charge on any atom is -0.502 e. The molecule has 0 aliphatic rings. The summed E-state index contributed by atoms with van der Waals surface area (Å²) >= 11 is 0. The van der Waals surface area contributed by atoms with Crippen LogP contribution in [0.4, 0.5) is 0 Å². The quantitative estimate of drug-likeness (QED) is 0.310. The van der Waals surface area contributed by atoms with E-state index in [0.717, 1.165) is 6.29 Å². The van der Waals surface area contributed by atoms with Crippen molar-refractivity contribution in [3.8, 4) is 0 Å². The van der Waals surface area contributed by atoms with E-state index in [1.807, 2.05) is 0 Å². The molecule has 0 aromatic carbocycles. The number of rotatable bonds is 3. The molecule has 0 fully saturated rings. The largest absolute Gasteiger partial charge is 0.502 e. The van der Waals surface area contributed by atoms with Crippen molar-refractivity contribution < 1.29 is 9.53 Å². The van der Waals surface area contributed by atoms with Gasteiger partial charge in [0.1, 0.15) is 12.0 Å². The molecule has 0 heterocycles. The monoisotopic (exact) mass is 129 g/mol. The molecule has 0 atom stereocenters. The normalized spacial score (nSPS) is 10.8. The first-order valence-corrected chi connectivity index (χ1v) is 2.58. The molecule has 3 heteroatoms. The Morgan fingerprint density at radius 1 is 1.56 bits per heavy atom. The van der Waals surface area contributed by atoms with Crippen molar-refractivity contribution in [2.24, 2.45) is 0 Å². The summed E-state index contributed by atoms with van der Waals surface area (Å²) in [6, 6.07) is 0. The summed E-state index contributed by atoms with van der Waals surface area (Å²) in [6.07, 6.45) is 2.14. The summed E-state index contributed by atoms with van der Waals surface area (Å²) in [6.45, 7) is 0. The molecule has 0 radical (unpaired) electrons. The number of ether oxygens (including phenoxy) is 1. The van der Waals surface area contributed by atoms with E-state index in [1.165, 1.54) is 13.4 Å². The Hall–Kier alpha value is -0.990. The summed E-state index contributed by atoms with van der Waals surface area (Å²) in [5, 5.41) is 0. The number of hydrogen-bond donors (Lipinski definition) is 0. The van der Waals surface area contributed by atoms with Gasteiger partial charge in [0.25, 0.3) is 0 Å². The summed E-state index contributed by atoms with van der Waals surface area (Å²) in [5.74, 6) is 0. The van der Waals surface area contributed by atoms with Crippen LogP contribution in [0, 0.1) is 0 Å². The second kappa shape index (κ2) is 3.95. The molecule has 0 aliphatic heterocycles. The van der Waals surface area contributed by atoms with Crippen LogP contribution >= 0.6 is 0 Å². The van der Waals surface area contributed by atoms with Crippen LogP contribution in [0.25, 0.3) is 0 Å². The van der Waals surface area contributed by atoms with Crippen molar-refractivity contribution in [3.63, 3.8) is 0 Å². The Morgan fingerprint density at radius 2 is 2.11 bits per heavy atom. The Labute approximate surface area is 54.9 Å². The van der Waals surface area contributed by atoms with Crippen molar-refractivity contribution in [3.05, 3.63) is 12.0 Å². The number of carbonyl (C=O) groups is 1. The van der Waals surface area contributed by atoms with E-state index in [4.69, 9.17) is 0 Å².